The van der Waals surface area contributed by atoms with Crippen molar-refractivity contribution in [3.8, 4) is 17.1 Å². The molecule has 26 heavy (non-hydrogen) atoms. The lowest BCUT2D eigenvalue weighted by molar-refractivity contribution is 0.0950. The third-order valence-corrected chi connectivity index (χ3v) is 4.12. The number of benzene rings is 2. The van der Waals surface area contributed by atoms with E-state index >= 15 is 0 Å². The second-order valence-electron chi connectivity index (χ2n) is 5.35. The predicted octanol–water partition coefficient (Wildman–Crippen LogP) is 4.02. The van der Waals surface area contributed by atoms with Crippen molar-refractivity contribution < 1.29 is 14.1 Å². The summed E-state index contributed by atoms with van der Waals surface area (Å²) in [5.74, 6) is 0.912. The molecule has 8 heteroatoms. The van der Waals surface area contributed by atoms with E-state index < -0.39 is 0 Å². The Bertz CT molecular complexity index is 928. The molecule has 0 saturated heterocycles. The summed E-state index contributed by atoms with van der Waals surface area (Å²) >= 11 is 12.0. The van der Waals surface area contributed by atoms with E-state index in [1.807, 2.05) is 12.1 Å². The molecule has 3 rings (SSSR count). The van der Waals surface area contributed by atoms with E-state index in [0.717, 1.165) is 5.56 Å². The first-order chi connectivity index (χ1) is 12.6. The van der Waals surface area contributed by atoms with Gasteiger partial charge >= 0.3 is 0 Å². The number of hydrogen-bond donors (Lipinski definition) is 1. The summed E-state index contributed by atoms with van der Waals surface area (Å²) in [5, 5.41) is 7.68. The van der Waals surface area contributed by atoms with Crippen molar-refractivity contribution in [2.24, 2.45) is 0 Å². The molecule has 0 radical (unpaired) electrons. The van der Waals surface area contributed by atoms with Crippen LogP contribution in [-0.2, 0) is 6.42 Å². The van der Waals surface area contributed by atoms with Crippen LogP contribution in [0.25, 0.3) is 11.4 Å². The monoisotopic (exact) mass is 391 g/mol. The number of carbonyl (C=O) groups is 1. The molecule has 0 aliphatic rings. The zero-order chi connectivity index (χ0) is 18.5. The largest absolute Gasteiger partial charge is 0.494 e. The lowest BCUT2D eigenvalue weighted by Gasteiger charge is -2.09. The number of hydrogen-bond acceptors (Lipinski definition) is 5. The van der Waals surface area contributed by atoms with Crippen LogP contribution in [0.15, 0.2) is 47.0 Å². The number of rotatable bonds is 6. The summed E-state index contributed by atoms with van der Waals surface area (Å²) in [6.45, 7) is 0.325. The maximum absolute atomic E-state index is 12.3. The van der Waals surface area contributed by atoms with Gasteiger partial charge in [0, 0.05) is 23.6 Å². The van der Waals surface area contributed by atoms with Crippen LogP contribution >= 0.6 is 23.2 Å². The molecule has 1 amide bonds. The van der Waals surface area contributed by atoms with E-state index in [1.165, 1.54) is 7.11 Å². The summed E-state index contributed by atoms with van der Waals surface area (Å²) in [6.07, 6.45) is 0.391. The Hall–Kier alpha value is -2.57. The molecule has 0 spiro atoms. The van der Waals surface area contributed by atoms with Crippen LogP contribution in [0.2, 0.25) is 10.0 Å². The van der Waals surface area contributed by atoms with Gasteiger partial charge in [0.15, 0.2) is 0 Å². The Labute approximate surface area is 160 Å². The van der Waals surface area contributed by atoms with Gasteiger partial charge in [-0.05, 0) is 24.3 Å². The molecule has 2 aromatic carbocycles. The highest BCUT2D eigenvalue weighted by Crippen LogP contribution is 2.28. The molecular formula is C18H15Cl2N3O3. The van der Waals surface area contributed by atoms with Crippen LogP contribution in [-0.4, -0.2) is 29.7 Å². The molecule has 0 aliphatic carbocycles. The van der Waals surface area contributed by atoms with E-state index in [2.05, 4.69) is 15.5 Å². The van der Waals surface area contributed by atoms with Crippen molar-refractivity contribution >= 4 is 29.1 Å². The molecule has 134 valence electrons. The second-order valence-corrected chi connectivity index (χ2v) is 6.19. The zero-order valence-electron chi connectivity index (χ0n) is 13.8. The van der Waals surface area contributed by atoms with Crippen LogP contribution in [0.4, 0.5) is 0 Å². The predicted molar refractivity (Wildman–Crippen MR) is 98.8 cm³/mol. The van der Waals surface area contributed by atoms with Crippen molar-refractivity contribution in [3.05, 3.63) is 64.0 Å². The molecule has 6 nitrogen and oxygen atoms in total. The number of carbonyl (C=O) groups excluding carboxylic acids is 1. The van der Waals surface area contributed by atoms with Crippen molar-refractivity contribution in [2.45, 2.75) is 6.42 Å². The molecule has 0 saturated carbocycles. The fraction of sp³-hybridized carbons (Fsp3) is 0.167. The third kappa shape index (κ3) is 4.15. The van der Waals surface area contributed by atoms with Gasteiger partial charge in [-0.1, -0.05) is 46.6 Å². The average molecular weight is 392 g/mol. The lowest BCUT2D eigenvalue weighted by atomic mass is 10.2. The van der Waals surface area contributed by atoms with Gasteiger partial charge in [0.1, 0.15) is 5.75 Å². The Morgan fingerprint density at radius 2 is 2.04 bits per heavy atom. The normalized spacial score (nSPS) is 10.6. The van der Waals surface area contributed by atoms with Crippen molar-refractivity contribution in [1.82, 2.24) is 15.5 Å². The standard InChI is InChI=1S/C18H15Cl2N3O3/c1-25-16-13(6-3-7-14(16)20)18(24)21-9-8-15-22-17(23-26-15)11-4-2-5-12(19)10-11/h2-7,10H,8-9H2,1H3,(H,21,24). The van der Waals surface area contributed by atoms with Gasteiger partial charge in [0.25, 0.3) is 5.91 Å². The molecule has 0 bridgehead atoms. The summed E-state index contributed by atoms with van der Waals surface area (Å²) in [4.78, 5) is 16.6. The number of ether oxygens (including phenoxy) is 1. The Morgan fingerprint density at radius 3 is 2.81 bits per heavy atom. The van der Waals surface area contributed by atoms with E-state index in [1.54, 1.807) is 30.3 Å². The molecule has 0 unspecified atom stereocenters. The minimum Gasteiger partial charge on any atom is -0.494 e. The Kier molecular flexibility index (Phi) is 5.75. The van der Waals surface area contributed by atoms with Crippen LogP contribution in [0, 0.1) is 0 Å². The highest BCUT2D eigenvalue weighted by Gasteiger charge is 2.15. The molecule has 0 fully saturated rings. The SMILES string of the molecule is COc1c(Cl)cccc1C(=O)NCCc1nc(-c2cccc(Cl)c2)no1. The number of aromatic nitrogens is 2. The van der Waals surface area contributed by atoms with Crippen LogP contribution < -0.4 is 10.1 Å². The number of amides is 1. The number of methoxy groups -OCH3 is 1. The van der Waals surface area contributed by atoms with Crippen molar-refractivity contribution in [3.63, 3.8) is 0 Å². The van der Waals surface area contributed by atoms with Gasteiger partial charge in [0.2, 0.25) is 11.7 Å². The van der Waals surface area contributed by atoms with E-state index in [4.69, 9.17) is 32.5 Å². The highest BCUT2D eigenvalue weighted by atomic mass is 35.5. The Morgan fingerprint density at radius 1 is 1.23 bits per heavy atom. The zero-order valence-corrected chi connectivity index (χ0v) is 15.3. The highest BCUT2D eigenvalue weighted by molar-refractivity contribution is 6.32. The van der Waals surface area contributed by atoms with Gasteiger partial charge in [-0.15, -0.1) is 0 Å². The molecule has 0 aliphatic heterocycles. The number of halogens is 2. The van der Waals surface area contributed by atoms with E-state index in [9.17, 15) is 4.79 Å². The topological polar surface area (TPSA) is 77.2 Å². The minimum atomic E-state index is -0.293. The molecule has 3 aromatic rings. The first-order valence-electron chi connectivity index (χ1n) is 7.77. The fourth-order valence-electron chi connectivity index (χ4n) is 2.37. The van der Waals surface area contributed by atoms with Gasteiger partial charge in [-0.2, -0.15) is 4.98 Å². The first kappa shape index (κ1) is 18.2. The van der Waals surface area contributed by atoms with Gasteiger partial charge in [-0.25, -0.2) is 0 Å². The lowest BCUT2D eigenvalue weighted by Crippen LogP contribution is -2.26. The fourth-order valence-corrected chi connectivity index (χ4v) is 2.82. The number of nitrogens with one attached hydrogen (secondary N) is 1. The molecule has 1 aromatic heterocycles. The van der Waals surface area contributed by atoms with Crippen LogP contribution in [0.3, 0.4) is 0 Å². The van der Waals surface area contributed by atoms with E-state index in [-0.39, 0.29) is 5.91 Å². The van der Waals surface area contributed by atoms with Crippen LogP contribution in [0.1, 0.15) is 16.2 Å². The summed E-state index contributed by atoms with van der Waals surface area (Å²) in [5.41, 5.74) is 1.13. The van der Waals surface area contributed by atoms with Crippen molar-refractivity contribution in [1.29, 1.82) is 0 Å². The quantitative estimate of drug-likeness (QED) is 0.686. The van der Waals surface area contributed by atoms with Gasteiger partial charge in [0.05, 0.1) is 17.7 Å². The smallest absolute Gasteiger partial charge is 0.255 e. The third-order valence-electron chi connectivity index (χ3n) is 3.59. The maximum Gasteiger partial charge on any atom is 0.255 e. The molecular weight excluding hydrogens is 377 g/mol. The van der Waals surface area contributed by atoms with Crippen molar-refractivity contribution in [2.75, 3.05) is 13.7 Å². The maximum atomic E-state index is 12.3. The van der Waals surface area contributed by atoms with E-state index in [0.29, 0.717) is 46.0 Å². The second kappa shape index (κ2) is 8.21. The summed E-state index contributed by atoms with van der Waals surface area (Å²) in [6, 6.07) is 12.2. The molecule has 1 heterocycles. The van der Waals surface area contributed by atoms with Crippen LogP contribution in [0.5, 0.6) is 5.75 Å². The van der Waals surface area contributed by atoms with Gasteiger partial charge < -0.3 is 14.6 Å². The first-order valence-corrected chi connectivity index (χ1v) is 8.53. The average Bonchev–Trinajstić information content (AvgIpc) is 3.10. The molecule has 0 atom stereocenters. The molecule has 1 N–H and O–H groups in total. The minimum absolute atomic E-state index is 0.293. The van der Waals surface area contributed by atoms with Gasteiger partial charge in [-0.3, -0.25) is 4.79 Å². The number of nitrogens with zero attached hydrogens (tertiary/aromatic N) is 2. The number of para-hydroxylation sites is 1. The summed E-state index contributed by atoms with van der Waals surface area (Å²) in [7, 11) is 1.47. The Balaban J connectivity index is 1.61. The summed E-state index contributed by atoms with van der Waals surface area (Å²) < 4.78 is 10.4.